The lowest BCUT2D eigenvalue weighted by Gasteiger charge is -2.10. The predicted octanol–water partition coefficient (Wildman–Crippen LogP) is -0.150. The third-order valence-electron chi connectivity index (χ3n) is 0.906. The molecule has 0 aliphatic heterocycles. The molecule has 0 aromatic rings. The molecule has 0 aromatic carbocycles. The Bertz CT molecular complexity index is 240. The largest absolute Gasteiger partial charge is 0.289 e. The van der Waals surface area contributed by atoms with Crippen LogP contribution >= 0.6 is 0 Å². The zero-order valence-corrected chi connectivity index (χ0v) is 6.91. The fourth-order valence-corrected chi connectivity index (χ4v) is 0.885. The van der Waals surface area contributed by atoms with Gasteiger partial charge in [-0.15, -0.1) is 0 Å². The van der Waals surface area contributed by atoms with Gasteiger partial charge in [-0.05, 0) is 12.2 Å². The van der Waals surface area contributed by atoms with E-state index in [9.17, 15) is 13.8 Å². The number of nitrogens with zero attached hydrogens (tertiary/aromatic N) is 1. The Morgan fingerprint density at radius 3 is 1.75 bits per heavy atom. The molecule has 6 heteroatoms. The van der Waals surface area contributed by atoms with E-state index in [-0.39, 0.29) is 4.31 Å². The van der Waals surface area contributed by atoms with E-state index in [2.05, 4.69) is 13.2 Å². The molecule has 5 nitrogen and oxygen atoms in total. The number of carbonyl (C=O) groups excluding carboxylic acids is 2. The Labute approximate surface area is 71.8 Å². The van der Waals surface area contributed by atoms with Gasteiger partial charge < -0.3 is 0 Å². The van der Waals surface area contributed by atoms with Crippen LogP contribution in [0.25, 0.3) is 0 Å². The number of hydrogen-bond acceptors (Lipinski definition) is 3. The SMILES string of the molecule is C=CC(=O)N(C(=O)C=C)S(=O)O. The van der Waals surface area contributed by atoms with Crippen molar-refractivity contribution >= 4 is 23.1 Å². The summed E-state index contributed by atoms with van der Waals surface area (Å²) in [6.45, 7) is 6.11. The second-order valence-electron chi connectivity index (χ2n) is 1.61. The summed E-state index contributed by atoms with van der Waals surface area (Å²) in [7, 11) is 0. The van der Waals surface area contributed by atoms with Crippen LogP contribution in [0.15, 0.2) is 25.3 Å². The molecule has 0 spiro atoms. The van der Waals surface area contributed by atoms with Crippen LogP contribution in [0.4, 0.5) is 0 Å². The third kappa shape index (κ3) is 2.40. The van der Waals surface area contributed by atoms with E-state index in [0.717, 1.165) is 12.2 Å². The highest BCUT2D eigenvalue weighted by Gasteiger charge is 2.21. The summed E-state index contributed by atoms with van der Waals surface area (Å²) < 4.78 is 19.0. The van der Waals surface area contributed by atoms with Gasteiger partial charge in [-0.1, -0.05) is 13.2 Å². The second kappa shape index (κ2) is 4.58. The van der Waals surface area contributed by atoms with Crippen molar-refractivity contribution in [2.24, 2.45) is 0 Å². The predicted molar refractivity (Wildman–Crippen MR) is 43.0 cm³/mol. The maximum atomic E-state index is 10.7. The van der Waals surface area contributed by atoms with Crippen LogP contribution in [0, 0.1) is 0 Å². The average molecular weight is 189 g/mol. The topological polar surface area (TPSA) is 74.7 Å². The lowest BCUT2D eigenvalue weighted by Crippen LogP contribution is -2.35. The maximum Gasteiger partial charge on any atom is 0.271 e. The summed E-state index contributed by atoms with van der Waals surface area (Å²) in [5, 5.41) is 0. The maximum absolute atomic E-state index is 10.7. The molecule has 12 heavy (non-hydrogen) atoms. The first kappa shape index (κ1) is 10.7. The number of carbonyl (C=O) groups is 2. The Morgan fingerprint density at radius 1 is 1.25 bits per heavy atom. The van der Waals surface area contributed by atoms with Crippen LogP contribution in [0.5, 0.6) is 0 Å². The highest BCUT2D eigenvalue weighted by atomic mass is 32.2. The highest BCUT2D eigenvalue weighted by Crippen LogP contribution is 1.96. The zero-order valence-electron chi connectivity index (χ0n) is 6.10. The van der Waals surface area contributed by atoms with Crippen LogP contribution in [0.2, 0.25) is 0 Å². The Morgan fingerprint density at radius 2 is 1.58 bits per heavy atom. The van der Waals surface area contributed by atoms with Gasteiger partial charge >= 0.3 is 0 Å². The average Bonchev–Trinajstić information content (AvgIpc) is 2.03. The van der Waals surface area contributed by atoms with Crippen LogP contribution in [-0.4, -0.2) is 24.9 Å². The minimum atomic E-state index is -2.67. The van der Waals surface area contributed by atoms with E-state index >= 15 is 0 Å². The van der Waals surface area contributed by atoms with Gasteiger partial charge in [0, 0.05) is 0 Å². The molecular formula is C6H7NO4S. The third-order valence-corrected chi connectivity index (χ3v) is 1.58. The normalized spacial score (nSPS) is 11.4. The van der Waals surface area contributed by atoms with E-state index in [1.54, 1.807) is 0 Å². The van der Waals surface area contributed by atoms with E-state index in [1.165, 1.54) is 0 Å². The fourth-order valence-electron chi connectivity index (χ4n) is 0.428. The van der Waals surface area contributed by atoms with Crippen molar-refractivity contribution in [3.8, 4) is 0 Å². The molecular weight excluding hydrogens is 182 g/mol. The van der Waals surface area contributed by atoms with Crippen molar-refractivity contribution in [1.29, 1.82) is 0 Å². The minimum Gasteiger partial charge on any atom is -0.289 e. The molecule has 1 atom stereocenters. The quantitative estimate of drug-likeness (QED) is 0.495. The number of amides is 2. The van der Waals surface area contributed by atoms with Crippen LogP contribution in [0.3, 0.4) is 0 Å². The summed E-state index contributed by atoms with van der Waals surface area (Å²) in [6, 6.07) is 0. The Kier molecular flexibility index (Phi) is 4.09. The summed E-state index contributed by atoms with van der Waals surface area (Å²) in [6.07, 6.45) is 1.52. The van der Waals surface area contributed by atoms with Crippen molar-refractivity contribution in [1.82, 2.24) is 4.31 Å². The molecule has 0 aliphatic carbocycles. The molecule has 0 bridgehead atoms. The lowest BCUT2D eigenvalue weighted by atomic mass is 10.5. The molecule has 0 fully saturated rings. The number of hydrogen-bond donors (Lipinski definition) is 1. The first-order valence-corrected chi connectivity index (χ1v) is 3.84. The van der Waals surface area contributed by atoms with Gasteiger partial charge in [0.15, 0.2) is 0 Å². The molecule has 1 N–H and O–H groups in total. The van der Waals surface area contributed by atoms with Gasteiger partial charge in [0.2, 0.25) is 0 Å². The van der Waals surface area contributed by atoms with Crippen molar-refractivity contribution in [2.45, 2.75) is 0 Å². The van der Waals surface area contributed by atoms with Crippen LogP contribution in [-0.2, 0) is 20.9 Å². The standard InChI is InChI=1S/C6H7NO4S/c1-3-5(8)7(12(10)11)6(9)4-2/h3-4H,1-2H2,(H,10,11). The number of imide groups is 1. The van der Waals surface area contributed by atoms with E-state index < -0.39 is 23.1 Å². The van der Waals surface area contributed by atoms with Crippen molar-refractivity contribution in [3.63, 3.8) is 0 Å². The van der Waals surface area contributed by atoms with Gasteiger partial charge in [-0.3, -0.25) is 14.1 Å². The zero-order chi connectivity index (χ0) is 9.72. The van der Waals surface area contributed by atoms with Crippen molar-refractivity contribution < 1.29 is 18.4 Å². The molecule has 0 aromatic heterocycles. The molecule has 0 saturated heterocycles. The van der Waals surface area contributed by atoms with Crippen molar-refractivity contribution in [2.75, 3.05) is 0 Å². The van der Waals surface area contributed by atoms with E-state index in [0.29, 0.717) is 0 Å². The molecule has 0 heterocycles. The van der Waals surface area contributed by atoms with Crippen LogP contribution < -0.4 is 0 Å². The highest BCUT2D eigenvalue weighted by molar-refractivity contribution is 7.78. The molecule has 0 radical (unpaired) electrons. The van der Waals surface area contributed by atoms with Gasteiger partial charge in [0.25, 0.3) is 23.1 Å². The van der Waals surface area contributed by atoms with E-state index in [1.807, 2.05) is 0 Å². The smallest absolute Gasteiger partial charge is 0.271 e. The monoisotopic (exact) mass is 189 g/mol. The Balaban J connectivity index is 4.78. The van der Waals surface area contributed by atoms with Crippen molar-refractivity contribution in [3.05, 3.63) is 25.3 Å². The molecule has 0 saturated carbocycles. The van der Waals surface area contributed by atoms with Gasteiger partial charge in [0.1, 0.15) is 0 Å². The van der Waals surface area contributed by atoms with Gasteiger partial charge in [0.05, 0.1) is 0 Å². The minimum absolute atomic E-state index is 0.125. The molecule has 0 aliphatic rings. The molecule has 0 rings (SSSR count). The van der Waals surface area contributed by atoms with E-state index in [4.69, 9.17) is 4.55 Å². The second-order valence-corrected chi connectivity index (χ2v) is 2.44. The van der Waals surface area contributed by atoms with Gasteiger partial charge in [-0.2, -0.15) is 4.31 Å². The summed E-state index contributed by atoms with van der Waals surface area (Å²) in [5.74, 6) is -1.89. The lowest BCUT2D eigenvalue weighted by molar-refractivity contribution is -0.132. The molecule has 2 amide bonds. The Hall–Kier alpha value is -1.27. The summed E-state index contributed by atoms with van der Waals surface area (Å²) in [4.78, 5) is 21.5. The first-order chi connectivity index (χ1) is 5.54. The molecule has 66 valence electrons. The molecule has 1 unspecified atom stereocenters. The van der Waals surface area contributed by atoms with Crippen LogP contribution in [0.1, 0.15) is 0 Å². The van der Waals surface area contributed by atoms with Gasteiger partial charge in [-0.25, -0.2) is 4.21 Å². The number of rotatable bonds is 3. The summed E-state index contributed by atoms with van der Waals surface area (Å²) >= 11 is -2.67. The summed E-state index contributed by atoms with van der Waals surface area (Å²) in [5.41, 5.74) is 0. The fraction of sp³-hybridized carbons (Fsp3) is 0. The first-order valence-electron chi connectivity index (χ1n) is 2.78.